The minimum absolute atomic E-state index is 0.0568. The highest BCUT2D eigenvalue weighted by molar-refractivity contribution is 9.10. The number of fused-ring (bicyclic) bond motifs is 1. The van der Waals surface area contributed by atoms with E-state index in [2.05, 4.69) is 15.9 Å². The molecule has 1 unspecified atom stereocenters. The number of aryl methyl sites for hydroxylation is 1. The molecular weight excluding hydrogens is 499 g/mol. The number of carbonyl (C=O) groups is 1. The minimum atomic E-state index is -1.36. The van der Waals surface area contributed by atoms with Crippen molar-refractivity contribution in [2.45, 2.75) is 25.0 Å². The fraction of sp³-hybridized carbons (Fsp3) is 0.348. The van der Waals surface area contributed by atoms with Crippen LogP contribution in [0.1, 0.15) is 34.1 Å². The molecule has 1 atom stereocenters. The molecule has 172 valence electrons. The molecule has 0 fully saturated rings. The molecule has 3 aromatic rings. The van der Waals surface area contributed by atoms with Crippen LogP contribution < -0.4 is 0 Å². The predicted octanol–water partition coefficient (Wildman–Crippen LogP) is 4.47. The normalized spacial score (nSPS) is 12.5. The molecule has 32 heavy (non-hydrogen) atoms. The lowest BCUT2D eigenvalue weighted by Gasteiger charge is -2.15. The number of aromatic hydroxyl groups is 1. The predicted molar refractivity (Wildman–Crippen MR) is 128 cm³/mol. The second-order valence-electron chi connectivity index (χ2n) is 7.77. The summed E-state index contributed by atoms with van der Waals surface area (Å²) in [5, 5.41) is 11.3. The fourth-order valence-corrected chi connectivity index (χ4v) is 5.48. The van der Waals surface area contributed by atoms with E-state index in [-0.39, 0.29) is 29.7 Å². The number of esters is 1. The topological polar surface area (TPSA) is 71.8 Å². The number of phenolic OH excluding ortho intramolecular Hbond substituents is 1. The molecule has 6 nitrogen and oxygen atoms in total. The Kier molecular flexibility index (Phi) is 7.74. The monoisotopic (exact) mass is 524 g/mol. The van der Waals surface area contributed by atoms with Gasteiger partial charge in [-0.15, -0.1) is 0 Å². The van der Waals surface area contributed by atoms with Crippen LogP contribution >= 0.6 is 15.9 Å². The molecule has 2 aromatic carbocycles. The number of hydrogen-bond donors (Lipinski definition) is 1. The Hall–Kier alpha value is -2.23. The van der Waals surface area contributed by atoms with Crippen molar-refractivity contribution < 1.29 is 23.2 Å². The van der Waals surface area contributed by atoms with E-state index in [0.717, 1.165) is 11.1 Å². The Bertz CT molecular complexity index is 1180. The Morgan fingerprint density at radius 2 is 1.91 bits per heavy atom. The van der Waals surface area contributed by atoms with E-state index in [1.807, 2.05) is 23.6 Å². The Morgan fingerprint density at radius 3 is 2.50 bits per heavy atom. The molecule has 0 bridgehead atoms. The number of halogens is 2. The van der Waals surface area contributed by atoms with Crippen LogP contribution in [0.3, 0.4) is 0 Å². The van der Waals surface area contributed by atoms with Gasteiger partial charge >= 0.3 is 5.97 Å². The Morgan fingerprint density at radius 1 is 1.25 bits per heavy atom. The summed E-state index contributed by atoms with van der Waals surface area (Å²) in [6.45, 7) is 2.32. The average Bonchev–Trinajstić information content (AvgIpc) is 2.99. The van der Waals surface area contributed by atoms with Crippen LogP contribution in [-0.2, 0) is 40.6 Å². The van der Waals surface area contributed by atoms with Crippen LogP contribution in [0.4, 0.5) is 4.39 Å². The third-order valence-electron chi connectivity index (χ3n) is 5.13. The van der Waals surface area contributed by atoms with Gasteiger partial charge in [0.05, 0.1) is 27.9 Å². The Labute approximate surface area is 197 Å². The number of rotatable bonds is 8. The molecule has 0 saturated heterocycles. The van der Waals surface area contributed by atoms with Crippen molar-refractivity contribution in [1.82, 2.24) is 9.47 Å². The van der Waals surface area contributed by atoms with Gasteiger partial charge in [-0.05, 0) is 60.7 Å². The van der Waals surface area contributed by atoms with E-state index in [1.54, 1.807) is 32.2 Å². The summed E-state index contributed by atoms with van der Waals surface area (Å²) in [4.78, 5) is 14.9. The summed E-state index contributed by atoms with van der Waals surface area (Å²) < 4.78 is 33.9. The lowest BCUT2D eigenvalue weighted by molar-refractivity contribution is 0.0527. The van der Waals surface area contributed by atoms with Gasteiger partial charge < -0.3 is 19.3 Å². The molecule has 0 aliphatic rings. The van der Waals surface area contributed by atoms with Gasteiger partial charge in [0.25, 0.3) is 0 Å². The van der Waals surface area contributed by atoms with Crippen LogP contribution in [0.5, 0.6) is 5.75 Å². The molecule has 0 radical (unpaired) electrons. The highest BCUT2D eigenvalue weighted by Gasteiger charge is 2.28. The largest absolute Gasteiger partial charge is 0.506 e. The summed E-state index contributed by atoms with van der Waals surface area (Å²) >= 11 is 3.41. The maximum absolute atomic E-state index is 13.2. The summed E-state index contributed by atoms with van der Waals surface area (Å²) in [5.74, 6) is -0.480. The molecule has 1 heterocycles. The molecule has 9 heteroatoms. The van der Waals surface area contributed by atoms with Gasteiger partial charge in [0.2, 0.25) is 0 Å². The summed E-state index contributed by atoms with van der Waals surface area (Å²) in [6.07, 6.45) is 0. The number of carbonyl (C=O) groups excluding carboxylic acids is 1. The van der Waals surface area contributed by atoms with Gasteiger partial charge in [-0.25, -0.2) is 9.18 Å². The van der Waals surface area contributed by atoms with Crippen molar-refractivity contribution in [2.75, 3.05) is 20.7 Å². The lowest BCUT2D eigenvalue weighted by Crippen LogP contribution is -2.14. The van der Waals surface area contributed by atoms with Crippen molar-refractivity contribution in [1.29, 1.82) is 0 Å². The maximum atomic E-state index is 13.2. The molecule has 0 saturated carbocycles. The molecular formula is C23H26BrFN2O4S. The molecule has 1 N–H and O–H groups in total. The van der Waals surface area contributed by atoms with Gasteiger partial charge in [0.15, 0.2) is 0 Å². The zero-order chi connectivity index (χ0) is 23.6. The van der Waals surface area contributed by atoms with Crippen molar-refractivity contribution in [3.63, 3.8) is 0 Å². The second-order valence-corrected chi connectivity index (χ2v) is 10.1. The van der Waals surface area contributed by atoms with Gasteiger partial charge in [-0.2, -0.15) is 0 Å². The van der Waals surface area contributed by atoms with Crippen LogP contribution in [-0.4, -0.2) is 45.5 Å². The maximum Gasteiger partial charge on any atom is 0.340 e. The summed E-state index contributed by atoms with van der Waals surface area (Å²) in [6, 6.07) is 7.62. The van der Waals surface area contributed by atoms with Crippen LogP contribution in [0, 0.1) is 5.82 Å². The van der Waals surface area contributed by atoms with Crippen molar-refractivity contribution in [3.05, 3.63) is 63.0 Å². The third kappa shape index (κ3) is 5.05. The summed E-state index contributed by atoms with van der Waals surface area (Å²) in [7, 11) is 4.19. The first kappa shape index (κ1) is 24.4. The van der Waals surface area contributed by atoms with Gasteiger partial charge in [0, 0.05) is 46.8 Å². The number of aromatic nitrogens is 1. The highest BCUT2D eigenvalue weighted by atomic mass is 79.9. The highest BCUT2D eigenvalue weighted by Crippen LogP contribution is 2.40. The van der Waals surface area contributed by atoms with Crippen molar-refractivity contribution in [3.8, 4) is 5.75 Å². The second kappa shape index (κ2) is 10.1. The minimum Gasteiger partial charge on any atom is -0.506 e. The first-order chi connectivity index (χ1) is 15.1. The number of nitrogens with zero attached hydrogens (tertiary/aromatic N) is 2. The molecule has 0 aliphatic carbocycles. The molecule has 0 aliphatic heterocycles. The van der Waals surface area contributed by atoms with Crippen molar-refractivity contribution in [2.24, 2.45) is 7.05 Å². The first-order valence-electron chi connectivity index (χ1n) is 10.1. The zero-order valence-corrected chi connectivity index (χ0v) is 20.8. The van der Waals surface area contributed by atoms with Gasteiger partial charge in [-0.3, -0.25) is 4.21 Å². The van der Waals surface area contributed by atoms with Crippen LogP contribution in [0.25, 0.3) is 10.9 Å². The standard InChI is InChI=1S/C23H26BrFN2O4S/c1-5-31-23(29)21-19(13-32(30)12-14-6-8-15(25)9-7-14)27(4)18-10-17(24)22(28)16(20(18)21)11-26(2)3/h6-10,28H,5,11-13H2,1-4H3. The van der Waals surface area contributed by atoms with Crippen LogP contribution in [0.2, 0.25) is 0 Å². The van der Waals surface area contributed by atoms with E-state index < -0.39 is 16.8 Å². The number of benzene rings is 2. The van der Waals surface area contributed by atoms with E-state index in [9.17, 15) is 18.5 Å². The lowest BCUT2D eigenvalue weighted by atomic mass is 10.0. The molecule has 0 amide bonds. The number of phenols is 1. The quantitative estimate of drug-likeness (QED) is 0.440. The summed E-state index contributed by atoms with van der Waals surface area (Å²) in [5.41, 5.74) is 2.94. The molecule has 0 spiro atoms. The van der Waals surface area contributed by atoms with E-state index in [4.69, 9.17) is 4.74 Å². The Balaban J connectivity index is 2.15. The van der Waals surface area contributed by atoms with E-state index in [0.29, 0.717) is 33.2 Å². The van der Waals surface area contributed by atoms with E-state index in [1.165, 1.54) is 12.1 Å². The third-order valence-corrected chi connectivity index (χ3v) is 6.99. The van der Waals surface area contributed by atoms with Gasteiger partial charge in [0.1, 0.15) is 11.6 Å². The fourth-order valence-electron chi connectivity index (χ4n) is 3.71. The molecule has 1 aromatic heterocycles. The first-order valence-corrected chi connectivity index (χ1v) is 12.3. The SMILES string of the molecule is CCOC(=O)c1c(CS(=O)Cc2ccc(F)cc2)n(C)c2cc(Br)c(O)c(CN(C)C)c12. The average molecular weight is 525 g/mol. The zero-order valence-electron chi connectivity index (χ0n) is 18.4. The van der Waals surface area contributed by atoms with Crippen LogP contribution in [0.15, 0.2) is 34.8 Å². The smallest absolute Gasteiger partial charge is 0.340 e. The van der Waals surface area contributed by atoms with Crippen molar-refractivity contribution >= 4 is 43.6 Å². The van der Waals surface area contributed by atoms with E-state index >= 15 is 0 Å². The number of ether oxygens (including phenoxy) is 1. The number of hydrogen-bond acceptors (Lipinski definition) is 5. The van der Waals surface area contributed by atoms with Gasteiger partial charge in [-0.1, -0.05) is 12.1 Å². The molecule has 3 rings (SSSR count).